The van der Waals surface area contributed by atoms with Gasteiger partial charge in [0, 0.05) is 11.1 Å². The summed E-state index contributed by atoms with van der Waals surface area (Å²) in [4.78, 5) is 0. The maximum atomic E-state index is 14.9. The van der Waals surface area contributed by atoms with Crippen molar-refractivity contribution in [2.45, 2.75) is 45.5 Å². The van der Waals surface area contributed by atoms with Gasteiger partial charge in [-0.3, -0.25) is 0 Å². The number of aryl methyl sites for hydroxylation is 2. The summed E-state index contributed by atoms with van der Waals surface area (Å²) in [5, 5.41) is 0. The number of hydrogen-bond donors (Lipinski definition) is 0. The first-order chi connectivity index (χ1) is 20.3. The van der Waals surface area contributed by atoms with E-state index < -0.39 is 28.9 Å². The molecular weight excluding hydrogens is 566 g/mol. The second kappa shape index (κ2) is 12.4. The van der Waals surface area contributed by atoms with Gasteiger partial charge in [-0.15, -0.1) is 0 Å². The number of allylic oxidation sites excluding steroid dienone is 2. The lowest BCUT2D eigenvalue weighted by Crippen LogP contribution is -2.54. The first-order valence-corrected chi connectivity index (χ1v) is 13.5. The molecule has 0 aliphatic carbocycles. The number of para-hydroxylation sites is 2. The van der Waals surface area contributed by atoms with E-state index >= 15 is 0 Å². The molecule has 43 heavy (non-hydrogen) atoms. The molecule has 8 heteroatoms. The molecule has 0 heterocycles. The van der Waals surface area contributed by atoms with Crippen LogP contribution in [0.1, 0.15) is 47.2 Å². The van der Waals surface area contributed by atoms with Crippen LogP contribution in [0.5, 0.6) is 23.0 Å². The van der Waals surface area contributed by atoms with E-state index in [9.17, 15) is 26.3 Å². The summed E-state index contributed by atoms with van der Waals surface area (Å²) in [6, 6.07) is 19.7. The van der Waals surface area contributed by atoms with Crippen molar-refractivity contribution in [1.82, 2.24) is 0 Å². The van der Waals surface area contributed by atoms with Crippen LogP contribution in [0, 0.1) is 13.8 Å². The molecule has 0 N–H and O–H groups in total. The predicted molar refractivity (Wildman–Crippen MR) is 158 cm³/mol. The van der Waals surface area contributed by atoms with Crippen LogP contribution in [0.3, 0.4) is 0 Å². The average molecular weight is 597 g/mol. The number of benzene rings is 4. The number of ether oxygens (including phenoxy) is 2. The summed E-state index contributed by atoms with van der Waals surface area (Å²) in [5.74, 6) is 1.10. The normalized spacial score (nSPS) is 12.7. The molecule has 4 aromatic rings. The Kier molecular flexibility index (Phi) is 9.09. The fraction of sp³-hybridized carbons (Fsp3) is 0.200. The van der Waals surface area contributed by atoms with Crippen LogP contribution in [-0.4, -0.2) is 12.4 Å². The number of rotatable bonds is 8. The molecule has 0 atom stereocenters. The fourth-order valence-electron chi connectivity index (χ4n) is 4.99. The quantitative estimate of drug-likeness (QED) is 0.188. The topological polar surface area (TPSA) is 18.5 Å². The van der Waals surface area contributed by atoms with Gasteiger partial charge in [0.05, 0.1) is 0 Å². The Labute approximate surface area is 246 Å². The Morgan fingerprint density at radius 3 is 1.21 bits per heavy atom. The maximum absolute atomic E-state index is 14.9. The van der Waals surface area contributed by atoms with Gasteiger partial charge in [0.1, 0.15) is 23.0 Å². The molecule has 0 saturated heterocycles. The molecule has 0 fully saturated rings. The van der Waals surface area contributed by atoms with Crippen molar-refractivity contribution < 1.29 is 35.8 Å². The van der Waals surface area contributed by atoms with Crippen molar-refractivity contribution in [3.8, 4) is 23.0 Å². The van der Waals surface area contributed by atoms with Crippen LogP contribution >= 0.6 is 0 Å². The highest BCUT2D eigenvalue weighted by Crippen LogP contribution is 2.57. The molecule has 0 aliphatic heterocycles. The smallest absolute Gasteiger partial charge is 0.411 e. The van der Waals surface area contributed by atoms with Crippen molar-refractivity contribution in [2.24, 2.45) is 0 Å². The minimum absolute atomic E-state index is 0.114. The summed E-state index contributed by atoms with van der Waals surface area (Å²) in [6.45, 7) is 6.46. The van der Waals surface area contributed by atoms with Crippen LogP contribution < -0.4 is 9.47 Å². The van der Waals surface area contributed by atoms with E-state index in [0.717, 1.165) is 36.4 Å². The standard InChI is InChI=1S/C35H30F6O2/c1-5-11-25-13-7-9-15-31(25)42-29-19-17-27(21-23(29)3)33(34(36,37)38,35(39,40)41)28-18-20-30(24(4)22-28)43-32-16-10-8-14-26(32)12-6-2/h5-22H,1-4H3. The molecule has 0 bridgehead atoms. The zero-order valence-electron chi connectivity index (χ0n) is 24.0. The van der Waals surface area contributed by atoms with Crippen LogP contribution in [-0.2, 0) is 5.41 Å². The van der Waals surface area contributed by atoms with E-state index in [1.54, 1.807) is 72.8 Å². The second-order valence-electron chi connectivity index (χ2n) is 9.99. The molecule has 4 rings (SSSR count). The predicted octanol–water partition coefficient (Wildman–Crippen LogP) is 11.4. The van der Waals surface area contributed by atoms with Gasteiger partial charge in [0.2, 0.25) is 5.41 Å². The van der Waals surface area contributed by atoms with Gasteiger partial charge >= 0.3 is 12.4 Å². The van der Waals surface area contributed by atoms with Crippen molar-refractivity contribution in [1.29, 1.82) is 0 Å². The summed E-state index contributed by atoms with van der Waals surface area (Å²) in [6.07, 6.45) is -4.31. The number of hydrogen-bond acceptors (Lipinski definition) is 2. The minimum Gasteiger partial charge on any atom is -0.456 e. The third kappa shape index (κ3) is 6.19. The van der Waals surface area contributed by atoms with Gasteiger partial charge in [-0.25, -0.2) is 0 Å². The third-order valence-electron chi connectivity index (χ3n) is 7.04. The van der Waals surface area contributed by atoms with Gasteiger partial charge < -0.3 is 9.47 Å². The highest BCUT2D eigenvalue weighted by Gasteiger charge is 2.72. The SMILES string of the molecule is CC=Cc1ccccc1Oc1ccc(C(c2ccc(Oc3ccccc3C=CC)c(C)c2)(C(F)(F)F)C(F)(F)F)cc1C. The summed E-state index contributed by atoms with van der Waals surface area (Å²) >= 11 is 0. The van der Waals surface area contributed by atoms with Crippen molar-refractivity contribution in [3.63, 3.8) is 0 Å². The van der Waals surface area contributed by atoms with Gasteiger partial charge in [0.25, 0.3) is 0 Å². The van der Waals surface area contributed by atoms with E-state index in [0.29, 0.717) is 22.6 Å². The molecule has 4 aromatic carbocycles. The minimum atomic E-state index is -5.73. The number of halogens is 6. The Morgan fingerprint density at radius 2 is 0.884 bits per heavy atom. The van der Waals surface area contributed by atoms with Gasteiger partial charge in [-0.1, -0.05) is 85.0 Å². The molecule has 0 radical (unpaired) electrons. The van der Waals surface area contributed by atoms with Gasteiger partial charge in [0.15, 0.2) is 0 Å². The van der Waals surface area contributed by atoms with Crippen LogP contribution in [0.25, 0.3) is 12.2 Å². The average Bonchev–Trinajstić information content (AvgIpc) is 2.92. The van der Waals surface area contributed by atoms with Crippen LogP contribution in [0.2, 0.25) is 0 Å². The molecule has 0 amide bonds. The van der Waals surface area contributed by atoms with Crippen LogP contribution in [0.4, 0.5) is 26.3 Å². The molecule has 0 spiro atoms. The molecule has 0 unspecified atom stereocenters. The lowest BCUT2D eigenvalue weighted by atomic mass is 9.72. The Balaban J connectivity index is 1.82. The van der Waals surface area contributed by atoms with Crippen molar-refractivity contribution >= 4 is 12.2 Å². The van der Waals surface area contributed by atoms with E-state index in [1.807, 2.05) is 13.8 Å². The molecule has 0 aliphatic rings. The lowest BCUT2D eigenvalue weighted by Gasteiger charge is -2.38. The molecule has 224 valence electrons. The van der Waals surface area contributed by atoms with Crippen molar-refractivity contribution in [2.75, 3.05) is 0 Å². The summed E-state index contributed by atoms with van der Waals surface area (Å²) in [7, 11) is 0. The highest BCUT2D eigenvalue weighted by atomic mass is 19.4. The number of alkyl halides is 6. The summed E-state index contributed by atoms with van der Waals surface area (Å²) < 4.78 is 101. The fourth-order valence-corrected chi connectivity index (χ4v) is 4.99. The Hall–Kier alpha value is -4.46. The largest absolute Gasteiger partial charge is 0.456 e. The zero-order valence-corrected chi connectivity index (χ0v) is 24.0. The van der Waals surface area contributed by atoms with E-state index in [1.165, 1.54) is 13.8 Å². The highest BCUT2D eigenvalue weighted by molar-refractivity contribution is 5.60. The molecule has 0 saturated carbocycles. The van der Waals surface area contributed by atoms with E-state index in [-0.39, 0.29) is 22.6 Å². The first kappa shape index (κ1) is 31.5. The first-order valence-electron chi connectivity index (χ1n) is 13.5. The molecular formula is C35H30F6O2. The van der Waals surface area contributed by atoms with E-state index in [4.69, 9.17) is 9.47 Å². The van der Waals surface area contributed by atoms with Gasteiger partial charge in [-0.2, -0.15) is 26.3 Å². The third-order valence-corrected chi connectivity index (χ3v) is 7.04. The molecule has 0 aromatic heterocycles. The van der Waals surface area contributed by atoms with Crippen molar-refractivity contribution in [3.05, 3.63) is 130 Å². The molecule has 2 nitrogen and oxygen atoms in total. The van der Waals surface area contributed by atoms with Crippen LogP contribution in [0.15, 0.2) is 97.1 Å². The van der Waals surface area contributed by atoms with E-state index in [2.05, 4.69) is 0 Å². The zero-order chi connectivity index (χ0) is 31.4. The second-order valence-corrected chi connectivity index (χ2v) is 9.99. The Bertz CT molecular complexity index is 1520. The lowest BCUT2D eigenvalue weighted by molar-refractivity contribution is -0.288. The Morgan fingerprint density at radius 1 is 0.512 bits per heavy atom. The monoisotopic (exact) mass is 596 g/mol. The van der Waals surface area contributed by atoms with Gasteiger partial charge in [-0.05, 0) is 74.2 Å². The maximum Gasteiger partial charge on any atom is 0.411 e. The summed E-state index contributed by atoms with van der Waals surface area (Å²) in [5.41, 5.74) is -4.60.